The topological polar surface area (TPSA) is 59.0 Å². The monoisotopic (exact) mass is 340 g/mol. The zero-order valence-corrected chi connectivity index (χ0v) is 13.5. The van der Waals surface area contributed by atoms with Gasteiger partial charge in [0.25, 0.3) is 5.91 Å². The van der Waals surface area contributed by atoms with Crippen molar-refractivity contribution in [2.45, 2.75) is 18.9 Å². The third kappa shape index (κ3) is 3.80. The molecule has 0 bridgehead atoms. The standard InChI is InChI=1S/C15H17ClN4O.ClH/c16-14-5-4-12(20-8-2-7-18-20)9-13(14)15(21)19-11-3-1-6-17-10-11;/h2,4-5,7-9,11,17H,1,3,6,10H2,(H,19,21);1H/t11-;/m1./s1. The summed E-state index contributed by atoms with van der Waals surface area (Å²) in [4.78, 5) is 12.4. The molecule has 1 aliphatic heterocycles. The lowest BCUT2D eigenvalue weighted by Gasteiger charge is -2.24. The minimum atomic E-state index is -0.136. The Kier molecular flexibility index (Phi) is 5.83. The molecule has 1 amide bonds. The number of carbonyl (C=O) groups excluding carboxylic acids is 1. The van der Waals surface area contributed by atoms with Crippen LogP contribution in [0.5, 0.6) is 0 Å². The molecule has 22 heavy (non-hydrogen) atoms. The summed E-state index contributed by atoms with van der Waals surface area (Å²) >= 11 is 6.16. The van der Waals surface area contributed by atoms with Crippen LogP contribution in [0.25, 0.3) is 5.69 Å². The second-order valence-electron chi connectivity index (χ2n) is 5.13. The number of piperidine rings is 1. The van der Waals surface area contributed by atoms with E-state index >= 15 is 0 Å². The van der Waals surface area contributed by atoms with Crippen LogP contribution in [0.3, 0.4) is 0 Å². The minimum absolute atomic E-state index is 0. The molecule has 0 spiro atoms. The molecule has 118 valence electrons. The third-order valence-corrected chi connectivity index (χ3v) is 3.93. The van der Waals surface area contributed by atoms with Crippen LogP contribution >= 0.6 is 24.0 Å². The molecule has 1 aliphatic rings. The summed E-state index contributed by atoms with van der Waals surface area (Å²) in [6.07, 6.45) is 5.60. The van der Waals surface area contributed by atoms with Crippen molar-refractivity contribution in [1.82, 2.24) is 20.4 Å². The van der Waals surface area contributed by atoms with E-state index in [9.17, 15) is 4.79 Å². The van der Waals surface area contributed by atoms with Gasteiger partial charge in [-0.25, -0.2) is 4.68 Å². The summed E-state index contributed by atoms with van der Waals surface area (Å²) < 4.78 is 1.70. The van der Waals surface area contributed by atoms with E-state index in [0.29, 0.717) is 10.6 Å². The van der Waals surface area contributed by atoms with Crippen molar-refractivity contribution in [2.24, 2.45) is 0 Å². The highest BCUT2D eigenvalue weighted by molar-refractivity contribution is 6.33. The molecule has 7 heteroatoms. The van der Waals surface area contributed by atoms with Gasteiger partial charge in [0.1, 0.15) is 0 Å². The minimum Gasteiger partial charge on any atom is -0.348 e. The van der Waals surface area contributed by atoms with Crippen molar-refractivity contribution in [2.75, 3.05) is 13.1 Å². The van der Waals surface area contributed by atoms with E-state index < -0.39 is 0 Å². The van der Waals surface area contributed by atoms with Gasteiger partial charge in [-0.3, -0.25) is 4.79 Å². The summed E-state index contributed by atoms with van der Waals surface area (Å²) in [5.74, 6) is -0.136. The quantitative estimate of drug-likeness (QED) is 0.902. The Bertz CT molecular complexity index is 624. The normalized spacial score (nSPS) is 17.6. The van der Waals surface area contributed by atoms with Crippen LogP contribution in [0.15, 0.2) is 36.7 Å². The van der Waals surface area contributed by atoms with Crippen molar-refractivity contribution >= 4 is 29.9 Å². The van der Waals surface area contributed by atoms with Gasteiger partial charge in [-0.15, -0.1) is 12.4 Å². The maximum Gasteiger partial charge on any atom is 0.253 e. The average molecular weight is 341 g/mol. The van der Waals surface area contributed by atoms with Crippen molar-refractivity contribution < 1.29 is 4.79 Å². The van der Waals surface area contributed by atoms with Crippen LogP contribution in [0.1, 0.15) is 23.2 Å². The number of carbonyl (C=O) groups is 1. The third-order valence-electron chi connectivity index (χ3n) is 3.60. The predicted molar refractivity (Wildman–Crippen MR) is 89.2 cm³/mol. The van der Waals surface area contributed by atoms with Crippen LogP contribution in [0, 0.1) is 0 Å². The van der Waals surface area contributed by atoms with E-state index in [1.807, 2.05) is 18.3 Å². The lowest BCUT2D eigenvalue weighted by Crippen LogP contribution is -2.45. The molecule has 1 aromatic heterocycles. The highest BCUT2D eigenvalue weighted by Gasteiger charge is 2.18. The van der Waals surface area contributed by atoms with E-state index in [1.54, 1.807) is 23.0 Å². The van der Waals surface area contributed by atoms with Gasteiger partial charge in [0.05, 0.1) is 16.3 Å². The Hall–Kier alpha value is -1.56. The Morgan fingerprint density at radius 3 is 3.00 bits per heavy atom. The number of nitrogens with one attached hydrogen (secondary N) is 2. The van der Waals surface area contributed by atoms with Crippen molar-refractivity contribution in [3.63, 3.8) is 0 Å². The summed E-state index contributed by atoms with van der Waals surface area (Å²) in [6, 6.07) is 7.33. The Labute approximate surface area is 140 Å². The first-order valence-corrected chi connectivity index (χ1v) is 7.43. The lowest BCUT2D eigenvalue weighted by molar-refractivity contribution is 0.0931. The number of hydrogen-bond donors (Lipinski definition) is 2. The van der Waals surface area contributed by atoms with Crippen molar-refractivity contribution in [3.05, 3.63) is 47.2 Å². The van der Waals surface area contributed by atoms with Crippen LogP contribution in [0.4, 0.5) is 0 Å². The van der Waals surface area contributed by atoms with Gasteiger partial charge in [-0.1, -0.05) is 11.6 Å². The van der Waals surface area contributed by atoms with E-state index in [4.69, 9.17) is 11.6 Å². The fraction of sp³-hybridized carbons (Fsp3) is 0.333. The van der Waals surface area contributed by atoms with Gasteiger partial charge in [-0.05, 0) is 43.7 Å². The molecule has 1 atom stereocenters. The van der Waals surface area contributed by atoms with Crippen LogP contribution in [0.2, 0.25) is 5.02 Å². The predicted octanol–water partition coefficient (Wildman–Crippen LogP) is 2.43. The van der Waals surface area contributed by atoms with Gasteiger partial charge in [0.15, 0.2) is 0 Å². The Morgan fingerprint density at radius 2 is 2.32 bits per heavy atom. The second-order valence-corrected chi connectivity index (χ2v) is 5.54. The maximum absolute atomic E-state index is 12.4. The average Bonchev–Trinajstić information content (AvgIpc) is 3.03. The smallest absolute Gasteiger partial charge is 0.253 e. The molecular formula is C15H18Cl2N4O. The van der Waals surface area contributed by atoms with E-state index in [2.05, 4.69) is 15.7 Å². The molecule has 2 N–H and O–H groups in total. The summed E-state index contributed by atoms with van der Waals surface area (Å²) in [5, 5.41) is 10.9. The largest absolute Gasteiger partial charge is 0.348 e. The molecule has 1 fully saturated rings. The molecule has 0 radical (unpaired) electrons. The van der Waals surface area contributed by atoms with Crippen LogP contribution in [-0.4, -0.2) is 34.8 Å². The first-order chi connectivity index (χ1) is 10.2. The summed E-state index contributed by atoms with van der Waals surface area (Å²) in [6.45, 7) is 1.82. The fourth-order valence-corrected chi connectivity index (χ4v) is 2.69. The first-order valence-electron chi connectivity index (χ1n) is 7.05. The number of benzene rings is 1. The number of amides is 1. The molecule has 3 rings (SSSR count). The van der Waals surface area contributed by atoms with E-state index in [-0.39, 0.29) is 24.4 Å². The highest BCUT2D eigenvalue weighted by atomic mass is 35.5. The van der Waals surface area contributed by atoms with Gasteiger partial charge in [0, 0.05) is 25.0 Å². The van der Waals surface area contributed by atoms with E-state index in [0.717, 1.165) is 31.6 Å². The molecule has 0 saturated carbocycles. The second kappa shape index (κ2) is 7.63. The Morgan fingerprint density at radius 1 is 1.45 bits per heavy atom. The SMILES string of the molecule is Cl.O=C(N[C@@H]1CCCNC1)c1cc(-n2cccn2)ccc1Cl. The number of aromatic nitrogens is 2. The fourth-order valence-electron chi connectivity index (χ4n) is 2.49. The summed E-state index contributed by atoms with van der Waals surface area (Å²) in [7, 11) is 0. The molecule has 2 aromatic rings. The molecule has 1 saturated heterocycles. The molecular weight excluding hydrogens is 323 g/mol. The number of nitrogens with zero attached hydrogens (tertiary/aromatic N) is 2. The zero-order chi connectivity index (χ0) is 14.7. The van der Waals surface area contributed by atoms with Crippen LogP contribution in [-0.2, 0) is 0 Å². The van der Waals surface area contributed by atoms with Crippen molar-refractivity contribution in [3.8, 4) is 5.69 Å². The Balaban J connectivity index is 0.00000176. The zero-order valence-electron chi connectivity index (χ0n) is 12.0. The molecule has 2 heterocycles. The molecule has 1 aromatic carbocycles. The van der Waals surface area contributed by atoms with Crippen molar-refractivity contribution in [1.29, 1.82) is 0 Å². The van der Waals surface area contributed by atoms with Crippen LogP contribution < -0.4 is 10.6 Å². The molecule has 0 aliphatic carbocycles. The highest BCUT2D eigenvalue weighted by Crippen LogP contribution is 2.20. The first kappa shape index (κ1) is 16.8. The van der Waals surface area contributed by atoms with Gasteiger partial charge < -0.3 is 10.6 Å². The number of hydrogen-bond acceptors (Lipinski definition) is 3. The number of halogens is 2. The molecule has 0 unspecified atom stereocenters. The lowest BCUT2D eigenvalue weighted by atomic mass is 10.1. The van der Waals surface area contributed by atoms with Gasteiger partial charge in [-0.2, -0.15) is 5.10 Å². The summed E-state index contributed by atoms with van der Waals surface area (Å²) in [5.41, 5.74) is 1.30. The van der Waals surface area contributed by atoms with Gasteiger partial charge in [0.2, 0.25) is 0 Å². The molecule has 5 nitrogen and oxygen atoms in total. The maximum atomic E-state index is 12.4. The van der Waals surface area contributed by atoms with E-state index in [1.165, 1.54) is 0 Å². The number of rotatable bonds is 3. The van der Waals surface area contributed by atoms with Gasteiger partial charge >= 0.3 is 0 Å².